The van der Waals surface area contributed by atoms with Crippen molar-refractivity contribution in [2.75, 3.05) is 5.32 Å². The lowest BCUT2D eigenvalue weighted by Crippen LogP contribution is -2.31. The van der Waals surface area contributed by atoms with Crippen molar-refractivity contribution in [2.24, 2.45) is 0 Å². The quantitative estimate of drug-likeness (QED) is 0.453. The standard InChI is InChI=1S/C26H25NO4/c1-16-12-14-20(15-13-16)24(28)21-10-5-6-11-22(21)26(30)31-19(4)25(29)27-23-17(2)8-7-9-18(23)3/h5-15,19H,1-4H3,(H,27,29). The first-order valence-corrected chi connectivity index (χ1v) is 10.1. The summed E-state index contributed by atoms with van der Waals surface area (Å²) in [6.07, 6.45) is -1.03. The van der Waals surface area contributed by atoms with Crippen LogP contribution in [0.15, 0.2) is 66.7 Å². The Kier molecular flexibility index (Phi) is 6.65. The molecule has 0 heterocycles. The molecule has 5 heteroatoms. The van der Waals surface area contributed by atoms with E-state index in [0.29, 0.717) is 11.3 Å². The lowest BCUT2D eigenvalue weighted by atomic mass is 9.98. The zero-order valence-corrected chi connectivity index (χ0v) is 18.1. The highest BCUT2D eigenvalue weighted by Gasteiger charge is 2.24. The number of ether oxygens (including phenoxy) is 1. The van der Waals surface area contributed by atoms with Gasteiger partial charge >= 0.3 is 5.97 Å². The van der Waals surface area contributed by atoms with Gasteiger partial charge in [-0.1, -0.05) is 66.2 Å². The topological polar surface area (TPSA) is 72.5 Å². The highest BCUT2D eigenvalue weighted by molar-refractivity contribution is 6.14. The SMILES string of the molecule is Cc1ccc(C(=O)c2ccccc2C(=O)OC(C)C(=O)Nc2c(C)cccc2C)cc1. The lowest BCUT2D eigenvalue weighted by molar-refractivity contribution is -0.123. The summed E-state index contributed by atoms with van der Waals surface area (Å²) in [5.41, 5.74) is 4.41. The van der Waals surface area contributed by atoms with Crippen LogP contribution in [-0.4, -0.2) is 23.8 Å². The number of anilines is 1. The number of hydrogen-bond acceptors (Lipinski definition) is 4. The van der Waals surface area contributed by atoms with E-state index in [1.165, 1.54) is 13.0 Å². The van der Waals surface area contributed by atoms with Crippen LogP contribution in [0, 0.1) is 20.8 Å². The average Bonchev–Trinajstić information content (AvgIpc) is 2.76. The van der Waals surface area contributed by atoms with Crippen LogP contribution < -0.4 is 5.32 Å². The van der Waals surface area contributed by atoms with Gasteiger partial charge in [0.15, 0.2) is 11.9 Å². The number of para-hydroxylation sites is 1. The van der Waals surface area contributed by atoms with Gasteiger partial charge in [-0.3, -0.25) is 9.59 Å². The second-order valence-corrected chi connectivity index (χ2v) is 7.54. The molecule has 0 saturated heterocycles. The molecule has 1 unspecified atom stereocenters. The molecule has 0 fully saturated rings. The fourth-order valence-electron chi connectivity index (χ4n) is 3.23. The molecule has 0 aliphatic rings. The molecule has 0 aliphatic heterocycles. The van der Waals surface area contributed by atoms with E-state index in [1.807, 2.05) is 51.1 Å². The summed E-state index contributed by atoms with van der Waals surface area (Å²) in [6, 6.07) is 19.3. The predicted octanol–water partition coefficient (Wildman–Crippen LogP) is 5.03. The third-order valence-electron chi connectivity index (χ3n) is 5.09. The monoisotopic (exact) mass is 415 g/mol. The van der Waals surface area contributed by atoms with E-state index in [0.717, 1.165) is 16.7 Å². The third kappa shape index (κ3) is 5.07. The van der Waals surface area contributed by atoms with Crippen LogP contribution in [-0.2, 0) is 9.53 Å². The predicted molar refractivity (Wildman–Crippen MR) is 120 cm³/mol. The number of benzene rings is 3. The Balaban J connectivity index is 1.77. The highest BCUT2D eigenvalue weighted by Crippen LogP contribution is 2.21. The number of ketones is 1. The molecular formula is C26H25NO4. The van der Waals surface area contributed by atoms with Gasteiger partial charge in [0.1, 0.15) is 0 Å². The molecule has 158 valence electrons. The Morgan fingerprint density at radius 3 is 1.97 bits per heavy atom. The largest absolute Gasteiger partial charge is 0.449 e. The second-order valence-electron chi connectivity index (χ2n) is 7.54. The van der Waals surface area contributed by atoms with Gasteiger partial charge in [0.2, 0.25) is 0 Å². The fourth-order valence-corrected chi connectivity index (χ4v) is 3.23. The molecule has 3 aromatic rings. The molecule has 0 saturated carbocycles. The summed E-state index contributed by atoms with van der Waals surface area (Å²) in [5.74, 6) is -1.44. The fraction of sp³-hybridized carbons (Fsp3) is 0.192. The van der Waals surface area contributed by atoms with Gasteiger partial charge in [-0.05, 0) is 44.9 Å². The van der Waals surface area contributed by atoms with Crippen molar-refractivity contribution < 1.29 is 19.1 Å². The van der Waals surface area contributed by atoms with E-state index in [1.54, 1.807) is 30.3 Å². The molecule has 5 nitrogen and oxygen atoms in total. The number of esters is 1. The van der Waals surface area contributed by atoms with Crippen molar-refractivity contribution >= 4 is 23.3 Å². The van der Waals surface area contributed by atoms with Gasteiger partial charge in [0.05, 0.1) is 5.56 Å². The van der Waals surface area contributed by atoms with Crippen molar-refractivity contribution in [1.82, 2.24) is 0 Å². The summed E-state index contributed by atoms with van der Waals surface area (Å²) in [5, 5.41) is 2.82. The first-order valence-electron chi connectivity index (χ1n) is 10.1. The van der Waals surface area contributed by atoms with Gasteiger partial charge in [0, 0.05) is 16.8 Å². The number of hydrogen-bond donors (Lipinski definition) is 1. The molecule has 3 rings (SSSR count). The first kappa shape index (κ1) is 22.0. The van der Waals surface area contributed by atoms with Crippen LogP contribution >= 0.6 is 0 Å². The van der Waals surface area contributed by atoms with Gasteiger partial charge < -0.3 is 10.1 Å². The van der Waals surface area contributed by atoms with Crippen LogP contribution in [0.25, 0.3) is 0 Å². The van der Waals surface area contributed by atoms with Crippen molar-refractivity contribution in [1.29, 1.82) is 0 Å². The molecule has 3 aromatic carbocycles. The summed E-state index contributed by atoms with van der Waals surface area (Å²) >= 11 is 0. The molecule has 0 aliphatic carbocycles. The van der Waals surface area contributed by atoms with Crippen molar-refractivity contribution in [3.8, 4) is 0 Å². The minimum Gasteiger partial charge on any atom is -0.449 e. The van der Waals surface area contributed by atoms with E-state index >= 15 is 0 Å². The summed E-state index contributed by atoms with van der Waals surface area (Å²) < 4.78 is 5.39. The van der Waals surface area contributed by atoms with Crippen molar-refractivity contribution in [3.63, 3.8) is 0 Å². The third-order valence-corrected chi connectivity index (χ3v) is 5.09. The first-order chi connectivity index (χ1) is 14.8. The minimum atomic E-state index is -1.03. The van der Waals surface area contributed by atoms with Crippen molar-refractivity contribution in [2.45, 2.75) is 33.8 Å². The molecule has 31 heavy (non-hydrogen) atoms. The van der Waals surface area contributed by atoms with Gasteiger partial charge in [-0.15, -0.1) is 0 Å². The number of carbonyl (C=O) groups excluding carboxylic acids is 3. The molecule has 1 amide bonds. The van der Waals surface area contributed by atoms with E-state index in [4.69, 9.17) is 4.74 Å². The zero-order valence-electron chi connectivity index (χ0n) is 18.1. The minimum absolute atomic E-state index is 0.125. The molecule has 0 bridgehead atoms. The molecule has 1 atom stereocenters. The average molecular weight is 415 g/mol. The maximum atomic E-state index is 12.9. The van der Waals surface area contributed by atoms with E-state index in [-0.39, 0.29) is 16.9 Å². The van der Waals surface area contributed by atoms with Crippen LogP contribution in [0.4, 0.5) is 5.69 Å². The maximum absolute atomic E-state index is 12.9. The molecular weight excluding hydrogens is 390 g/mol. The summed E-state index contributed by atoms with van der Waals surface area (Å²) in [7, 11) is 0. The second kappa shape index (κ2) is 9.39. The Hall–Kier alpha value is -3.73. The normalized spacial score (nSPS) is 11.5. The zero-order chi connectivity index (χ0) is 22.5. The van der Waals surface area contributed by atoms with Gasteiger partial charge in [0.25, 0.3) is 5.91 Å². The number of amides is 1. The molecule has 0 aromatic heterocycles. The number of carbonyl (C=O) groups is 3. The van der Waals surface area contributed by atoms with E-state index in [2.05, 4.69) is 5.32 Å². The summed E-state index contributed by atoms with van der Waals surface area (Å²) in [6.45, 7) is 7.23. The number of rotatable bonds is 6. The van der Waals surface area contributed by atoms with Crippen molar-refractivity contribution in [3.05, 3.63) is 100 Å². The van der Waals surface area contributed by atoms with Crippen LogP contribution in [0.5, 0.6) is 0 Å². The Morgan fingerprint density at radius 2 is 1.35 bits per heavy atom. The highest BCUT2D eigenvalue weighted by atomic mass is 16.5. The van der Waals surface area contributed by atoms with Gasteiger partial charge in [-0.2, -0.15) is 0 Å². The molecule has 1 N–H and O–H groups in total. The Morgan fingerprint density at radius 1 is 0.774 bits per heavy atom. The maximum Gasteiger partial charge on any atom is 0.339 e. The van der Waals surface area contributed by atoms with Crippen LogP contribution in [0.1, 0.15) is 49.9 Å². The van der Waals surface area contributed by atoms with E-state index in [9.17, 15) is 14.4 Å². The summed E-state index contributed by atoms with van der Waals surface area (Å²) in [4.78, 5) is 38.3. The van der Waals surface area contributed by atoms with Crippen LogP contribution in [0.2, 0.25) is 0 Å². The lowest BCUT2D eigenvalue weighted by Gasteiger charge is -2.17. The molecule has 0 spiro atoms. The Labute approximate surface area is 182 Å². The Bertz CT molecular complexity index is 1110. The smallest absolute Gasteiger partial charge is 0.339 e. The number of nitrogens with one attached hydrogen (secondary N) is 1. The number of aryl methyl sites for hydroxylation is 3. The molecule has 0 radical (unpaired) electrons. The van der Waals surface area contributed by atoms with Crippen LogP contribution in [0.3, 0.4) is 0 Å². The van der Waals surface area contributed by atoms with E-state index < -0.39 is 18.0 Å². The van der Waals surface area contributed by atoms with Gasteiger partial charge in [-0.25, -0.2) is 4.79 Å².